The highest BCUT2D eigenvalue weighted by Gasteiger charge is 2.31. The van der Waals surface area contributed by atoms with Crippen LogP contribution in [0.3, 0.4) is 0 Å². The number of piperazine rings is 1. The van der Waals surface area contributed by atoms with Crippen LogP contribution >= 0.6 is 0 Å². The van der Waals surface area contributed by atoms with Crippen LogP contribution in [-0.2, 0) is 4.74 Å². The number of carbonyl (C=O) groups is 2. The van der Waals surface area contributed by atoms with E-state index < -0.39 is 0 Å². The van der Waals surface area contributed by atoms with Crippen LogP contribution in [0.4, 0.5) is 16.3 Å². The van der Waals surface area contributed by atoms with E-state index in [-0.39, 0.29) is 18.0 Å². The summed E-state index contributed by atoms with van der Waals surface area (Å²) in [6, 6.07) is 9.33. The molecule has 2 aromatic rings. The average molecular weight is 394 g/mol. The number of nitrogens with zero attached hydrogens (tertiary/aromatic N) is 4. The second-order valence-corrected chi connectivity index (χ2v) is 7.78. The van der Waals surface area contributed by atoms with E-state index in [4.69, 9.17) is 4.74 Å². The Morgan fingerprint density at radius 2 is 1.79 bits per heavy atom. The smallest absolute Gasteiger partial charge is 0.414 e. The van der Waals surface area contributed by atoms with E-state index in [0.29, 0.717) is 25.3 Å². The quantitative estimate of drug-likeness (QED) is 0.801. The third kappa shape index (κ3) is 3.77. The molecule has 152 valence electrons. The Bertz CT molecular complexity index is 920. The molecule has 0 spiro atoms. The highest BCUT2D eigenvalue weighted by Crippen LogP contribution is 2.24. The van der Waals surface area contributed by atoms with Gasteiger partial charge in [0.25, 0.3) is 5.91 Å². The molecule has 2 amide bonds. The minimum atomic E-state index is -0.340. The van der Waals surface area contributed by atoms with Crippen LogP contribution < -0.4 is 9.80 Å². The van der Waals surface area contributed by atoms with Crippen molar-refractivity contribution in [3.8, 4) is 0 Å². The van der Waals surface area contributed by atoms with Crippen molar-refractivity contribution in [1.29, 1.82) is 0 Å². The molecule has 2 aliphatic rings. The Morgan fingerprint density at radius 1 is 1.10 bits per heavy atom. The van der Waals surface area contributed by atoms with Crippen molar-refractivity contribution in [2.75, 3.05) is 42.6 Å². The van der Waals surface area contributed by atoms with Crippen molar-refractivity contribution >= 4 is 23.5 Å². The molecule has 1 aromatic carbocycles. The van der Waals surface area contributed by atoms with E-state index in [2.05, 4.69) is 22.9 Å². The lowest BCUT2D eigenvalue weighted by atomic mass is 10.1. The van der Waals surface area contributed by atoms with Crippen molar-refractivity contribution in [2.45, 2.75) is 26.8 Å². The molecule has 2 aliphatic heterocycles. The molecule has 3 heterocycles. The summed E-state index contributed by atoms with van der Waals surface area (Å²) in [5, 5.41) is 0. The molecule has 0 radical (unpaired) electrons. The number of carbonyl (C=O) groups excluding carboxylic acids is 2. The molecule has 1 aromatic heterocycles. The number of aryl methyl sites for hydroxylation is 2. The fourth-order valence-electron chi connectivity index (χ4n) is 3.98. The van der Waals surface area contributed by atoms with E-state index in [9.17, 15) is 9.59 Å². The van der Waals surface area contributed by atoms with Gasteiger partial charge >= 0.3 is 6.09 Å². The van der Waals surface area contributed by atoms with Gasteiger partial charge in [0.2, 0.25) is 0 Å². The number of anilines is 2. The van der Waals surface area contributed by atoms with Gasteiger partial charge in [0.05, 0.1) is 6.04 Å². The monoisotopic (exact) mass is 394 g/mol. The molecule has 0 bridgehead atoms. The molecule has 2 saturated heterocycles. The minimum Gasteiger partial charge on any atom is -0.447 e. The van der Waals surface area contributed by atoms with Crippen molar-refractivity contribution in [3.05, 3.63) is 53.2 Å². The molecule has 1 unspecified atom stereocenters. The fourth-order valence-corrected chi connectivity index (χ4v) is 3.98. The lowest BCUT2D eigenvalue weighted by Gasteiger charge is -2.36. The number of hydrogen-bond acceptors (Lipinski definition) is 5. The molecule has 2 fully saturated rings. The zero-order valence-electron chi connectivity index (χ0n) is 17.1. The third-order valence-corrected chi connectivity index (χ3v) is 5.53. The SMILES string of the molecule is Cc1cnc(N2CCN(C(=O)c3ccc(N4C(=O)OCC4C)cc3)CC2)c(C)c1. The normalized spacial score (nSPS) is 19.5. The molecule has 0 N–H and O–H groups in total. The van der Waals surface area contributed by atoms with Gasteiger partial charge in [0.1, 0.15) is 12.4 Å². The first-order valence-corrected chi connectivity index (χ1v) is 9.97. The number of cyclic esters (lactones) is 1. The number of pyridine rings is 1. The Morgan fingerprint density at radius 3 is 2.38 bits per heavy atom. The van der Waals surface area contributed by atoms with Gasteiger partial charge in [-0.2, -0.15) is 0 Å². The number of amides is 2. The fraction of sp³-hybridized carbons (Fsp3) is 0.409. The van der Waals surface area contributed by atoms with Gasteiger partial charge in [-0.1, -0.05) is 6.07 Å². The van der Waals surface area contributed by atoms with Crippen LogP contribution in [0.5, 0.6) is 0 Å². The third-order valence-electron chi connectivity index (χ3n) is 5.53. The van der Waals surface area contributed by atoms with Gasteiger partial charge in [-0.3, -0.25) is 9.69 Å². The van der Waals surface area contributed by atoms with Crippen molar-refractivity contribution in [3.63, 3.8) is 0 Å². The first-order valence-electron chi connectivity index (χ1n) is 9.97. The molecule has 7 nitrogen and oxygen atoms in total. The molecule has 0 aliphatic carbocycles. The lowest BCUT2D eigenvalue weighted by Crippen LogP contribution is -2.49. The molecule has 4 rings (SSSR count). The van der Waals surface area contributed by atoms with E-state index >= 15 is 0 Å². The second kappa shape index (κ2) is 7.73. The van der Waals surface area contributed by atoms with E-state index in [1.54, 1.807) is 17.0 Å². The van der Waals surface area contributed by atoms with E-state index in [1.807, 2.05) is 37.1 Å². The zero-order chi connectivity index (χ0) is 20.5. The maximum atomic E-state index is 12.9. The topological polar surface area (TPSA) is 66.0 Å². The molecule has 29 heavy (non-hydrogen) atoms. The van der Waals surface area contributed by atoms with Crippen LogP contribution in [0.2, 0.25) is 0 Å². The molecular formula is C22H26N4O3. The van der Waals surface area contributed by atoms with Gasteiger partial charge in [-0.15, -0.1) is 0 Å². The van der Waals surface area contributed by atoms with Crippen LogP contribution in [-0.4, -0.2) is 60.7 Å². The first-order chi connectivity index (χ1) is 13.9. The Hall–Kier alpha value is -3.09. The minimum absolute atomic E-state index is 0.00373. The summed E-state index contributed by atoms with van der Waals surface area (Å²) >= 11 is 0. The van der Waals surface area contributed by atoms with Crippen LogP contribution in [0.15, 0.2) is 36.5 Å². The largest absolute Gasteiger partial charge is 0.447 e. The number of ether oxygens (including phenoxy) is 1. The highest BCUT2D eigenvalue weighted by atomic mass is 16.6. The molecular weight excluding hydrogens is 368 g/mol. The summed E-state index contributed by atoms with van der Waals surface area (Å²) < 4.78 is 5.07. The first kappa shape index (κ1) is 19.2. The maximum Gasteiger partial charge on any atom is 0.414 e. The molecule has 0 saturated carbocycles. The summed E-state index contributed by atoms with van der Waals surface area (Å²) in [7, 11) is 0. The van der Waals surface area contributed by atoms with E-state index in [0.717, 1.165) is 35.7 Å². The predicted octanol–water partition coefficient (Wildman–Crippen LogP) is 3.01. The van der Waals surface area contributed by atoms with E-state index in [1.165, 1.54) is 0 Å². The number of rotatable bonds is 3. The molecule has 1 atom stereocenters. The lowest BCUT2D eigenvalue weighted by molar-refractivity contribution is 0.0746. The predicted molar refractivity (Wildman–Crippen MR) is 112 cm³/mol. The summed E-state index contributed by atoms with van der Waals surface area (Å²) in [6.45, 7) is 9.28. The van der Waals surface area contributed by atoms with Crippen molar-refractivity contribution in [1.82, 2.24) is 9.88 Å². The number of benzene rings is 1. The van der Waals surface area contributed by atoms with Crippen molar-refractivity contribution in [2.24, 2.45) is 0 Å². The average Bonchev–Trinajstić information content (AvgIpc) is 3.06. The maximum absolute atomic E-state index is 12.9. The highest BCUT2D eigenvalue weighted by molar-refractivity contribution is 5.96. The zero-order valence-corrected chi connectivity index (χ0v) is 17.1. The summed E-state index contributed by atoms with van der Waals surface area (Å²) in [6.07, 6.45) is 1.55. The van der Waals surface area contributed by atoms with Gasteiger partial charge in [0.15, 0.2) is 0 Å². The van der Waals surface area contributed by atoms with Gasteiger partial charge < -0.3 is 14.5 Å². The Balaban J connectivity index is 1.40. The van der Waals surface area contributed by atoms with Gasteiger partial charge in [0, 0.05) is 43.6 Å². The number of hydrogen-bond donors (Lipinski definition) is 0. The second-order valence-electron chi connectivity index (χ2n) is 7.78. The van der Waals surface area contributed by atoms with Crippen LogP contribution in [0.25, 0.3) is 0 Å². The standard InChI is InChI=1S/C22H26N4O3/c1-15-12-16(2)20(23-13-15)24-8-10-25(11-9-24)21(27)18-4-6-19(7-5-18)26-17(3)14-29-22(26)28/h4-7,12-13,17H,8-11,14H2,1-3H3. The van der Waals surface area contributed by atoms with Gasteiger partial charge in [-0.25, -0.2) is 9.78 Å². The summed E-state index contributed by atoms with van der Waals surface area (Å²) in [4.78, 5) is 35.1. The Kier molecular flexibility index (Phi) is 5.13. The van der Waals surface area contributed by atoms with Crippen LogP contribution in [0.1, 0.15) is 28.4 Å². The molecule has 7 heteroatoms. The van der Waals surface area contributed by atoms with Crippen molar-refractivity contribution < 1.29 is 14.3 Å². The van der Waals surface area contributed by atoms with Crippen LogP contribution in [0, 0.1) is 13.8 Å². The summed E-state index contributed by atoms with van der Waals surface area (Å²) in [5.41, 5.74) is 3.70. The Labute approximate surface area is 170 Å². The number of aromatic nitrogens is 1. The van der Waals surface area contributed by atoms with Gasteiger partial charge in [-0.05, 0) is 56.2 Å². The summed E-state index contributed by atoms with van der Waals surface area (Å²) in [5.74, 6) is 1.01.